The minimum atomic E-state index is -0.398. The third kappa shape index (κ3) is 2.58. The SMILES string of the molecule is Cc1cc(C)n(/N=C\c2ccncc2)c(=O)c1C#N. The zero-order valence-corrected chi connectivity index (χ0v) is 10.7. The highest BCUT2D eigenvalue weighted by Gasteiger charge is 2.08. The first kappa shape index (κ1) is 12.7. The maximum Gasteiger partial charge on any atom is 0.289 e. The Morgan fingerprint density at radius 1 is 1.37 bits per heavy atom. The second-order valence-electron chi connectivity index (χ2n) is 4.10. The lowest BCUT2D eigenvalue weighted by atomic mass is 10.1. The summed E-state index contributed by atoms with van der Waals surface area (Å²) in [5, 5.41) is 13.1. The number of rotatable bonds is 2. The number of nitriles is 1. The van der Waals surface area contributed by atoms with Crippen LogP contribution in [0.5, 0.6) is 0 Å². The largest absolute Gasteiger partial charge is 0.289 e. The maximum atomic E-state index is 12.1. The highest BCUT2D eigenvalue weighted by atomic mass is 16.1. The van der Waals surface area contributed by atoms with Crippen molar-refractivity contribution in [3.8, 4) is 6.07 Å². The molecule has 2 aromatic rings. The Balaban J connectivity index is 2.50. The van der Waals surface area contributed by atoms with E-state index in [0.29, 0.717) is 11.3 Å². The summed E-state index contributed by atoms with van der Waals surface area (Å²) in [4.78, 5) is 16.0. The normalized spacial score (nSPS) is 10.6. The van der Waals surface area contributed by atoms with Gasteiger partial charge in [0.2, 0.25) is 0 Å². The summed E-state index contributed by atoms with van der Waals surface area (Å²) in [5.74, 6) is 0. The third-order valence-corrected chi connectivity index (χ3v) is 2.70. The topological polar surface area (TPSA) is 71.0 Å². The van der Waals surface area contributed by atoms with E-state index in [2.05, 4.69) is 10.1 Å². The molecule has 0 N–H and O–H groups in total. The molecule has 0 aromatic carbocycles. The summed E-state index contributed by atoms with van der Waals surface area (Å²) in [7, 11) is 0. The number of aryl methyl sites for hydroxylation is 2. The molecule has 0 aliphatic rings. The summed E-state index contributed by atoms with van der Waals surface area (Å²) in [6.45, 7) is 3.52. The maximum absolute atomic E-state index is 12.1. The number of hydrogen-bond donors (Lipinski definition) is 0. The van der Waals surface area contributed by atoms with Crippen LogP contribution in [0.15, 0.2) is 40.5 Å². The Morgan fingerprint density at radius 3 is 2.68 bits per heavy atom. The molecular weight excluding hydrogens is 240 g/mol. The lowest BCUT2D eigenvalue weighted by Gasteiger charge is -2.06. The van der Waals surface area contributed by atoms with Crippen molar-refractivity contribution in [3.63, 3.8) is 0 Å². The molecule has 94 valence electrons. The molecule has 0 unspecified atom stereocenters. The molecule has 0 amide bonds. The molecule has 2 rings (SSSR count). The quantitative estimate of drug-likeness (QED) is 0.762. The molecule has 0 saturated carbocycles. The van der Waals surface area contributed by atoms with Crippen LogP contribution >= 0.6 is 0 Å². The van der Waals surface area contributed by atoms with Crippen molar-refractivity contribution < 1.29 is 0 Å². The van der Waals surface area contributed by atoms with Crippen LogP contribution in [0.2, 0.25) is 0 Å². The van der Waals surface area contributed by atoms with Gasteiger partial charge in [-0.25, -0.2) is 4.68 Å². The standard InChI is InChI=1S/C14H12N4O/c1-10-7-11(2)18(14(19)13(10)8-15)17-9-12-3-5-16-6-4-12/h3-7,9H,1-2H3/b17-9-. The zero-order chi connectivity index (χ0) is 13.8. The van der Waals surface area contributed by atoms with Crippen LogP contribution in [0.1, 0.15) is 22.4 Å². The van der Waals surface area contributed by atoms with Gasteiger partial charge in [0.05, 0.1) is 6.21 Å². The first-order valence-corrected chi connectivity index (χ1v) is 5.71. The van der Waals surface area contributed by atoms with E-state index in [4.69, 9.17) is 5.26 Å². The van der Waals surface area contributed by atoms with E-state index < -0.39 is 5.56 Å². The fraction of sp³-hybridized carbons (Fsp3) is 0.143. The monoisotopic (exact) mass is 252 g/mol. The first-order chi connectivity index (χ1) is 9.13. The van der Waals surface area contributed by atoms with Crippen molar-refractivity contribution in [3.05, 3.63) is 63.3 Å². The second-order valence-corrected chi connectivity index (χ2v) is 4.10. The van der Waals surface area contributed by atoms with Gasteiger partial charge in [0.25, 0.3) is 5.56 Å². The molecule has 5 nitrogen and oxygen atoms in total. The van der Waals surface area contributed by atoms with Crippen molar-refractivity contribution >= 4 is 6.21 Å². The first-order valence-electron chi connectivity index (χ1n) is 5.71. The molecule has 0 saturated heterocycles. The number of nitrogens with zero attached hydrogens (tertiary/aromatic N) is 4. The summed E-state index contributed by atoms with van der Waals surface area (Å²) in [6, 6.07) is 7.24. The highest BCUT2D eigenvalue weighted by molar-refractivity contribution is 5.79. The molecule has 2 heterocycles. The smallest absolute Gasteiger partial charge is 0.266 e. The van der Waals surface area contributed by atoms with E-state index in [-0.39, 0.29) is 5.56 Å². The molecule has 19 heavy (non-hydrogen) atoms. The molecule has 0 fully saturated rings. The number of hydrogen-bond acceptors (Lipinski definition) is 4. The molecule has 0 aliphatic carbocycles. The van der Waals surface area contributed by atoms with Crippen molar-refractivity contribution in [2.24, 2.45) is 5.10 Å². The minimum Gasteiger partial charge on any atom is -0.266 e. The molecule has 0 radical (unpaired) electrons. The van der Waals surface area contributed by atoms with Gasteiger partial charge in [-0.3, -0.25) is 9.78 Å². The van der Waals surface area contributed by atoms with Crippen LogP contribution in [0.25, 0.3) is 0 Å². The van der Waals surface area contributed by atoms with Gasteiger partial charge in [-0.1, -0.05) is 0 Å². The highest BCUT2D eigenvalue weighted by Crippen LogP contribution is 2.05. The van der Waals surface area contributed by atoms with E-state index in [1.807, 2.05) is 6.07 Å². The summed E-state index contributed by atoms with van der Waals surface area (Å²) < 4.78 is 1.23. The van der Waals surface area contributed by atoms with Gasteiger partial charge < -0.3 is 0 Å². The van der Waals surface area contributed by atoms with Gasteiger partial charge in [-0.2, -0.15) is 10.4 Å². The van der Waals surface area contributed by atoms with E-state index in [9.17, 15) is 4.79 Å². The Bertz CT molecular complexity index is 724. The second kappa shape index (κ2) is 5.27. The predicted octanol–water partition coefficient (Wildman–Crippen LogP) is 1.61. The van der Waals surface area contributed by atoms with Crippen LogP contribution in [-0.4, -0.2) is 15.9 Å². The van der Waals surface area contributed by atoms with Crippen molar-refractivity contribution in [2.75, 3.05) is 0 Å². The van der Waals surface area contributed by atoms with Gasteiger partial charge in [-0.05, 0) is 43.2 Å². The summed E-state index contributed by atoms with van der Waals surface area (Å²) in [6.07, 6.45) is 4.85. The van der Waals surface area contributed by atoms with E-state index in [1.165, 1.54) is 4.68 Å². The number of aromatic nitrogens is 2. The fourth-order valence-electron chi connectivity index (χ4n) is 1.73. The van der Waals surface area contributed by atoms with Gasteiger partial charge in [0.1, 0.15) is 11.6 Å². The van der Waals surface area contributed by atoms with Crippen LogP contribution < -0.4 is 5.56 Å². The average molecular weight is 252 g/mol. The molecule has 0 atom stereocenters. The fourth-order valence-corrected chi connectivity index (χ4v) is 1.73. The van der Waals surface area contributed by atoms with Gasteiger partial charge in [0.15, 0.2) is 0 Å². The molecule has 2 aromatic heterocycles. The zero-order valence-electron chi connectivity index (χ0n) is 10.7. The lowest BCUT2D eigenvalue weighted by molar-refractivity contribution is 0.786. The van der Waals surface area contributed by atoms with E-state index >= 15 is 0 Å². The van der Waals surface area contributed by atoms with Gasteiger partial charge in [-0.15, -0.1) is 0 Å². The van der Waals surface area contributed by atoms with Crippen molar-refractivity contribution in [1.29, 1.82) is 5.26 Å². The van der Waals surface area contributed by atoms with Crippen LogP contribution in [0.4, 0.5) is 0 Å². The lowest BCUT2D eigenvalue weighted by Crippen LogP contribution is -2.22. The van der Waals surface area contributed by atoms with Gasteiger partial charge in [0, 0.05) is 18.1 Å². The van der Waals surface area contributed by atoms with E-state index in [0.717, 1.165) is 5.56 Å². The Kier molecular flexibility index (Phi) is 3.53. The van der Waals surface area contributed by atoms with E-state index in [1.54, 1.807) is 50.7 Å². The summed E-state index contributed by atoms with van der Waals surface area (Å²) >= 11 is 0. The third-order valence-electron chi connectivity index (χ3n) is 2.70. The van der Waals surface area contributed by atoms with Crippen molar-refractivity contribution in [1.82, 2.24) is 9.66 Å². The Morgan fingerprint density at radius 2 is 2.05 bits per heavy atom. The molecular formula is C14H12N4O. The molecule has 0 spiro atoms. The van der Waals surface area contributed by atoms with Crippen LogP contribution in [0, 0.1) is 25.2 Å². The average Bonchev–Trinajstić information content (AvgIpc) is 2.39. The van der Waals surface area contributed by atoms with Crippen LogP contribution in [0.3, 0.4) is 0 Å². The van der Waals surface area contributed by atoms with Crippen molar-refractivity contribution in [2.45, 2.75) is 13.8 Å². The minimum absolute atomic E-state index is 0.123. The Hall–Kier alpha value is -2.74. The molecule has 0 aliphatic heterocycles. The molecule has 0 bridgehead atoms. The predicted molar refractivity (Wildman–Crippen MR) is 72.1 cm³/mol. The van der Waals surface area contributed by atoms with Gasteiger partial charge >= 0.3 is 0 Å². The Labute approximate surface area is 110 Å². The summed E-state index contributed by atoms with van der Waals surface area (Å²) in [5.41, 5.74) is 1.91. The number of pyridine rings is 2. The molecule has 5 heteroatoms. The van der Waals surface area contributed by atoms with Crippen LogP contribution in [-0.2, 0) is 0 Å².